The lowest BCUT2D eigenvalue weighted by atomic mass is 9.78. The molecule has 1 N–H and O–H groups in total. The number of likely N-dealkylation sites (tertiary alicyclic amines) is 1. The maximum atomic E-state index is 13.2. The van der Waals surface area contributed by atoms with Crippen LogP contribution < -0.4 is 0 Å². The molecule has 5 heteroatoms. The summed E-state index contributed by atoms with van der Waals surface area (Å²) in [5.41, 5.74) is 4.20. The summed E-state index contributed by atoms with van der Waals surface area (Å²) < 4.78 is 0. The summed E-state index contributed by atoms with van der Waals surface area (Å²) in [4.78, 5) is 17.4. The third-order valence-corrected chi connectivity index (χ3v) is 5.76. The Kier molecular flexibility index (Phi) is 3.91. The van der Waals surface area contributed by atoms with Crippen molar-refractivity contribution >= 4 is 5.91 Å². The first kappa shape index (κ1) is 16.3. The monoisotopic (exact) mass is 338 g/mol. The van der Waals surface area contributed by atoms with Crippen molar-refractivity contribution in [3.8, 4) is 0 Å². The summed E-state index contributed by atoms with van der Waals surface area (Å²) in [6.07, 6.45) is 0.935. The molecule has 0 spiro atoms. The van der Waals surface area contributed by atoms with E-state index in [1.54, 1.807) is 0 Å². The summed E-state index contributed by atoms with van der Waals surface area (Å²) in [5, 5.41) is 7.47. The number of aromatic nitrogens is 2. The molecule has 1 saturated heterocycles. The van der Waals surface area contributed by atoms with Gasteiger partial charge in [0.05, 0.1) is 0 Å². The van der Waals surface area contributed by atoms with Crippen LogP contribution in [-0.4, -0.2) is 52.6 Å². The van der Waals surface area contributed by atoms with E-state index in [1.807, 2.05) is 11.0 Å². The average molecular weight is 338 g/mol. The van der Waals surface area contributed by atoms with Gasteiger partial charge in [0.25, 0.3) is 5.91 Å². The first-order valence-electron chi connectivity index (χ1n) is 9.04. The van der Waals surface area contributed by atoms with Crippen molar-refractivity contribution in [2.45, 2.75) is 32.7 Å². The highest BCUT2D eigenvalue weighted by molar-refractivity contribution is 5.94. The van der Waals surface area contributed by atoms with Gasteiger partial charge in [-0.1, -0.05) is 44.2 Å². The Bertz CT molecular complexity index is 780. The Morgan fingerprint density at radius 3 is 2.80 bits per heavy atom. The Morgan fingerprint density at radius 1 is 1.28 bits per heavy atom. The maximum absolute atomic E-state index is 13.2. The Labute approximate surface area is 149 Å². The molecule has 0 unspecified atom stereocenters. The molecule has 4 rings (SSSR count). The van der Waals surface area contributed by atoms with E-state index in [0.29, 0.717) is 11.6 Å². The molecular formula is C20H26N4O. The van der Waals surface area contributed by atoms with Gasteiger partial charge in [-0.2, -0.15) is 5.10 Å². The van der Waals surface area contributed by atoms with Crippen molar-refractivity contribution in [1.82, 2.24) is 20.0 Å². The average Bonchev–Trinajstić information content (AvgIpc) is 3.15. The van der Waals surface area contributed by atoms with Gasteiger partial charge in [0.2, 0.25) is 0 Å². The van der Waals surface area contributed by atoms with E-state index in [9.17, 15) is 4.79 Å². The van der Waals surface area contributed by atoms with Crippen molar-refractivity contribution in [3.05, 3.63) is 52.8 Å². The molecule has 0 radical (unpaired) electrons. The third kappa shape index (κ3) is 2.86. The second kappa shape index (κ2) is 5.99. The summed E-state index contributed by atoms with van der Waals surface area (Å²) in [6, 6.07) is 10.5. The van der Waals surface area contributed by atoms with Crippen LogP contribution in [0.15, 0.2) is 30.3 Å². The van der Waals surface area contributed by atoms with Crippen LogP contribution in [0.25, 0.3) is 0 Å². The van der Waals surface area contributed by atoms with Crippen LogP contribution in [0.1, 0.15) is 47.1 Å². The number of aromatic amines is 1. The topological polar surface area (TPSA) is 52.2 Å². The van der Waals surface area contributed by atoms with Crippen LogP contribution in [0.2, 0.25) is 0 Å². The molecule has 3 heterocycles. The van der Waals surface area contributed by atoms with Gasteiger partial charge in [-0.25, -0.2) is 0 Å². The normalized spacial score (nSPS) is 22.8. The molecule has 5 nitrogen and oxygen atoms in total. The lowest BCUT2D eigenvalue weighted by Gasteiger charge is -2.25. The highest BCUT2D eigenvalue weighted by atomic mass is 16.2. The first-order chi connectivity index (χ1) is 12.0. The molecule has 0 saturated carbocycles. The minimum atomic E-state index is 0.0597. The fourth-order valence-electron chi connectivity index (χ4n) is 4.29. The van der Waals surface area contributed by atoms with E-state index in [2.05, 4.69) is 60.3 Å². The first-order valence-corrected chi connectivity index (χ1v) is 9.04. The predicted octanol–water partition coefficient (Wildman–Crippen LogP) is 2.66. The maximum Gasteiger partial charge on any atom is 0.274 e. The van der Waals surface area contributed by atoms with E-state index in [0.717, 1.165) is 43.9 Å². The van der Waals surface area contributed by atoms with Crippen molar-refractivity contribution in [3.63, 3.8) is 0 Å². The van der Waals surface area contributed by atoms with Crippen LogP contribution in [0, 0.1) is 5.41 Å². The number of nitrogens with zero attached hydrogens (tertiary/aromatic N) is 3. The highest BCUT2D eigenvalue weighted by Crippen LogP contribution is 2.42. The summed E-state index contributed by atoms with van der Waals surface area (Å²) in [7, 11) is 2.09. The number of amides is 1. The number of carbonyl (C=O) groups excluding carboxylic acids is 1. The molecular weight excluding hydrogens is 312 g/mol. The van der Waals surface area contributed by atoms with Crippen molar-refractivity contribution in [2.24, 2.45) is 5.41 Å². The van der Waals surface area contributed by atoms with Gasteiger partial charge in [0.1, 0.15) is 0 Å². The Balaban J connectivity index is 1.59. The summed E-state index contributed by atoms with van der Waals surface area (Å²) >= 11 is 0. The van der Waals surface area contributed by atoms with Crippen LogP contribution in [0.4, 0.5) is 0 Å². The number of fused-ring (bicyclic) bond motifs is 1. The number of benzene rings is 1. The standard InChI is InChI=1S/C20H26N4O/c1-20(2)13-24(12-16(20)14-7-5-4-6-8-14)19(25)18-15-11-23(3)10-9-17(15)21-22-18/h4-8,16H,9-13H2,1-3H3,(H,21,22)/t16-/m1/s1. The molecule has 1 atom stereocenters. The molecule has 1 fully saturated rings. The van der Waals surface area contributed by atoms with Crippen LogP contribution >= 0.6 is 0 Å². The van der Waals surface area contributed by atoms with Gasteiger partial charge in [-0.15, -0.1) is 0 Å². The highest BCUT2D eigenvalue weighted by Gasteiger charge is 2.43. The fourth-order valence-corrected chi connectivity index (χ4v) is 4.29. The van der Waals surface area contributed by atoms with Crippen LogP contribution in [0.3, 0.4) is 0 Å². The molecule has 2 aliphatic rings. The van der Waals surface area contributed by atoms with Crippen molar-refractivity contribution in [1.29, 1.82) is 0 Å². The third-order valence-electron chi connectivity index (χ3n) is 5.76. The predicted molar refractivity (Wildman–Crippen MR) is 97.5 cm³/mol. The van der Waals surface area contributed by atoms with Crippen molar-refractivity contribution in [2.75, 3.05) is 26.7 Å². The molecule has 25 heavy (non-hydrogen) atoms. The quantitative estimate of drug-likeness (QED) is 0.916. The van der Waals surface area contributed by atoms with Gasteiger partial charge in [0.15, 0.2) is 5.69 Å². The second-order valence-electron chi connectivity index (χ2n) is 8.15. The van der Waals surface area contributed by atoms with E-state index in [-0.39, 0.29) is 11.3 Å². The summed E-state index contributed by atoms with van der Waals surface area (Å²) in [6.45, 7) is 7.84. The molecule has 132 valence electrons. The SMILES string of the molecule is CN1CCc2[nH]nc(C(=O)N3C[C@H](c4ccccc4)C(C)(C)C3)c2C1. The number of carbonyl (C=O) groups is 1. The van der Waals surface area contributed by atoms with Gasteiger partial charge < -0.3 is 9.80 Å². The zero-order chi connectivity index (χ0) is 17.6. The molecule has 2 aromatic rings. The van der Waals surface area contributed by atoms with E-state index < -0.39 is 0 Å². The van der Waals surface area contributed by atoms with E-state index in [1.165, 1.54) is 5.56 Å². The minimum absolute atomic E-state index is 0.0597. The smallest absolute Gasteiger partial charge is 0.274 e. The minimum Gasteiger partial charge on any atom is -0.336 e. The Hall–Kier alpha value is -2.14. The molecule has 1 amide bonds. The van der Waals surface area contributed by atoms with Crippen LogP contribution in [0.5, 0.6) is 0 Å². The number of hydrogen-bond donors (Lipinski definition) is 1. The fraction of sp³-hybridized carbons (Fsp3) is 0.500. The van der Waals surface area contributed by atoms with Crippen molar-refractivity contribution < 1.29 is 4.79 Å². The Morgan fingerprint density at radius 2 is 2.04 bits per heavy atom. The molecule has 1 aromatic carbocycles. The lowest BCUT2D eigenvalue weighted by Crippen LogP contribution is -2.33. The van der Waals surface area contributed by atoms with Gasteiger partial charge in [0, 0.05) is 49.8 Å². The van der Waals surface area contributed by atoms with Gasteiger partial charge in [-0.05, 0) is 18.0 Å². The number of rotatable bonds is 2. The molecule has 2 aliphatic heterocycles. The van der Waals surface area contributed by atoms with Gasteiger partial charge >= 0.3 is 0 Å². The molecule has 0 aliphatic carbocycles. The number of nitrogens with one attached hydrogen (secondary N) is 1. The van der Waals surface area contributed by atoms with E-state index in [4.69, 9.17) is 0 Å². The summed E-state index contributed by atoms with van der Waals surface area (Å²) in [5.74, 6) is 0.425. The number of H-pyrrole nitrogens is 1. The number of likely N-dealkylation sites (N-methyl/N-ethyl adjacent to an activating group) is 1. The lowest BCUT2D eigenvalue weighted by molar-refractivity contribution is 0.0770. The zero-order valence-electron chi connectivity index (χ0n) is 15.2. The largest absolute Gasteiger partial charge is 0.336 e. The molecule has 1 aromatic heterocycles. The van der Waals surface area contributed by atoms with E-state index >= 15 is 0 Å². The zero-order valence-corrected chi connectivity index (χ0v) is 15.2. The van der Waals surface area contributed by atoms with Gasteiger partial charge in [-0.3, -0.25) is 9.89 Å². The second-order valence-corrected chi connectivity index (χ2v) is 8.15. The molecule has 0 bridgehead atoms. The van der Waals surface area contributed by atoms with Crippen LogP contribution in [-0.2, 0) is 13.0 Å². The number of hydrogen-bond acceptors (Lipinski definition) is 3.